The fourth-order valence-electron chi connectivity index (χ4n) is 2.47. The average Bonchev–Trinajstić information content (AvgIpc) is 2.89. The van der Waals surface area contributed by atoms with E-state index in [1.807, 2.05) is 13.0 Å². The van der Waals surface area contributed by atoms with Gasteiger partial charge < -0.3 is 10.1 Å². The third kappa shape index (κ3) is 3.84. The molecule has 0 spiro atoms. The number of nitrogens with one attached hydrogen (secondary N) is 1. The minimum Gasteiger partial charge on any atom is -0.493 e. The minimum absolute atomic E-state index is 0.0693. The van der Waals surface area contributed by atoms with Gasteiger partial charge in [-0.1, -0.05) is 12.8 Å². The molecule has 5 heteroatoms. The molecule has 0 heterocycles. The van der Waals surface area contributed by atoms with Crippen molar-refractivity contribution < 1.29 is 9.66 Å². The van der Waals surface area contributed by atoms with Crippen LogP contribution in [0.15, 0.2) is 18.2 Å². The van der Waals surface area contributed by atoms with E-state index >= 15 is 0 Å². The number of hydrogen-bond acceptors (Lipinski definition) is 4. The molecule has 5 nitrogen and oxygen atoms in total. The van der Waals surface area contributed by atoms with E-state index in [1.165, 1.54) is 37.8 Å². The Bertz CT molecular complexity index is 442. The standard InChI is InChI=1S/C14H20N2O3/c1-2-15-12-7-13(16(17)18)9-14(8-12)19-10-11-5-3-4-6-11/h7-9,11,15H,2-6,10H2,1H3. The zero-order valence-electron chi connectivity index (χ0n) is 11.2. The molecule has 1 aliphatic carbocycles. The maximum absolute atomic E-state index is 10.9. The molecule has 0 amide bonds. The first kappa shape index (κ1) is 13.6. The van der Waals surface area contributed by atoms with Crippen molar-refractivity contribution in [2.75, 3.05) is 18.5 Å². The van der Waals surface area contributed by atoms with E-state index in [0.29, 0.717) is 18.3 Å². The van der Waals surface area contributed by atoms with E-state index < -0.39 is 0 Å². The lowest BCUT2D eigenvalue weighted by molar-refractivity contribution is -0.384. The molecule has 0 bridgehead atoms. The molecule has 104 valence electrons. The van der Waals surface area contributed by atoms with Crippen molar-refractivity contribution in [2.45, 2.75) is 32.6 Å². The summed E-state index contributed by atoms with van der Waals surface area (Å²) in [7, 11) is 0. The fourth-order valence-corrected chi connectivity index (χ4v) is 2.47. The Morgan fingerprint density at radius 2 is 2.11 bits per heavy atom. The number of hydrogen-bond donors (Lipinski definition) is 1. The maximum Gasteiger partial charge on any atom is 0.275 e. The fraction of sp³-hybridized carbons (Fsp3) is 0.571. The lowest BCUT2D eigenvalue weighted by Crippen LogP contribution is -2.08. The van der Waals surface area contributed by atoms with Gasteiger partial charge in [0.2, 0.25) is 0 Å². The summed E-state index contributed by atoms with van der Waals surface area (Å²) < 4.78 is 5.72. The Morgan fingerprint density at radius 1 is 1.37 bits per heavy atom. The molecule has 1 aliphatic rings. The summed E-state index contributed by atoms with van der Waals surface area (Å²) in [4.78, 5) is 10.5. The number of rotatable bonds is 6. The maximum atomic E-state index is 10.9. The topological polar surface area (TPSA) is 64.4 Å². The number of nitro groups is 1. The lowest BCUT2D eigenvalue weighted by atomic mass is 10.1. The molecular formula is C14H20N2O3. The number of non-ortho nitro benzene ring substituents is 1. The van der Waals surface area contributed by atoms with Crippen molar-refractivity contribution in [3.63, 3.8) is 0 Å². The van der Waals surface area contributed by atoms with Gasteiger partial charge in [0, 0.05) is 24.4 Å². The van der Waals surface area contributed by atoms with Gasteiger partial charge in [0.1, 0.15) is 5.75 Å². The van der Waals surface area contributed by atoms with Gasteiger partial charge in [-0.25, -0.2) is 0 Å². The molecule has 0 unspecified atom stereocenters. The summed E-state index contributed by atoms with van der Waals surface area (Å²) in [6.07, 6.45) is 4.95. The molecule has 0 aliphatic heterocycles. The van der Waals surface area contributed by atoms with Crippen molar-refractivity contribution in [2.24, 2.45) is 5.92 Å². The Hall–Kier alpha value is -1.78. The first-order valence-electron chi connectivity index (χ1n) is 6.85. The lowest BCUT2D eigenvalue weighted by Gasteiger charge is -2.12. The third-order valence-corrected chi connectivity index (χ3v) is 3.44. The van der Waals surface area contributed by atoms with Crippen LogP contribution in [0.1, 0.15) is 32.6 Å². The van der Waals surface area contributed by atoms with Gasteiger partial charge in [-0.2, -0.15) is 0 Å². The van der Waals surface area contributed by atoms with Gasteiger partial charge in [-0.15, -0.1) is 0 Å². The van der Waals surface area contributed by atoms with Crippen molar-refractivity contribution in [1.82, 2.24) is 0 Å². The van der Waals surface area contributed by atoms with E-state index in [-0.39, 0.29) is 10.6 Å². The van der Waals surface area contributed by atoms with Crippen LogP contribution in [0.3, 0.4) is 0 Å². The zero-order chi connectivity index (χ0) is 13.7. The molecule has 2 rings (SSSR count). The molecule has 0 atom stereocenters. The molecule has 0 radical (unpaired) electrons. The summed E-state index contributed by atoms with van der Waals surface area (Å²) in [5.74, 6) is 1.18. The molecule has 0 aromatic heterocycles. The highest BCUT2D eigenvalue weighted by Crippen LogP contribution is 2.29. The van der Waals surface area contributed by atoms with Gasteiger partial charge in [-0.3, -0.25) is 10.1 Å². The largest absolute Gasteiger partial charge is 0.493 e. The Morgan fingerprint density at radius 3 is 2.74 bits per heavy atom. The molecule has 1 N–H and O–H groups in total. The highest BCUT2D eigenvalue weighted by molar-refractivity contribution is 5.56. The quantitative estimate of drug-likeness (QED) is 0.630. The summed E-state index contributed by atoms with van der Waals surface area (Å²) in [5, 5.41) is 14.0. The molecule has 1 aromatic rings. The van der Waals surface area contributed by atoms with Gasteiger partial charge in [0.25, 0.3) is 5.69 Å². The number of anilines is 1. The van der Waals surface area contributed by atoms with Crippen molar-refractivity contribution >= 4 is 11.4 Å². The Labute approximate surface area is 113 Å². The van der Waals surface area contributed by atoms with E-state index in [0.717, 1.165) is 12.2 Å². The smallest absolute Gasteiger partial charge is 0.275 e. The molecule has 19 heavy (non-hydrogen) atoms. The van der Waals surface area contributed by atoms with Crippen LogP contribution in [-0.4, -0.2) is 18.1 Å². The van der Waals surface area contributed by atoms with E-state index in [9.17, 15) is 10.1 Å². The van der Waals surface area contributed by atoms with E-state index in [2.05, 4.69) is 5.32 Å². The van der Waals surface area contributed by atoms with Crippen molar-refractivity contribution in [3.8, 4) is 5.75 Å². The predicted octanol–water partition coefficient (Wildman–Crippen LogP) is 3.60. The molecule has 1 saturated carbocycles. The van der Waals surface area contributed by atoms with Gasteiger partial charge >= 0.3 is 0 Å². The second kappa shape index (κ2) is 6.41. The van der Waals surface area contributed by atoms with Crippen LogP contribution in [0.2, 0.25) is 0 Å². The molecule has 1 fully saturated rings. The molecular weight excluding hydrogens is 244 g/mol. The third-order valence-electron chi connectivity index (χ3n) is 3.44. The Balaban J connectivity index is 2.06. The van der Waals surface area contributed by atoms with E-state index in [4.69, 9.17) is 4.74 Å². The SMILES string of the molecule is CCNc1cc(OCC2CCCC2)cc([N+](=O)[O-])c1. The van der Waals surface area contributed by atoms with Crippen LogP contribution in [0.5, 0.6) is 5.75 Å². The highest BCUT2D eigenvalue weighted by Gasteiger charge is 2.16. The summed E-state index contributed by atoms with van der Waals surface area (Å²) in [5.41, 5.74) is 0.804. The summed E-state index contributed by atoms with van der Waals surface area (Å²) >= 11 is 0. The predicted molar refractivity (Wildman–Crippen MR) is 74.7 cm³/mol. The van der Waals surface area contributed by atoms with Gasteiger partial charge in [0.05, 0.1) is 17.6 Å². The normalized spacial score (nSPS) is 15.4. The number of nitrogens with zero attached hydrogens (tertiary/aromatic N) is 1. The van der Waals surface area contributed by atoms with Crippen LogP contribution >= 0.6 is 0 Å². The number of benzene rings is 1. The monoisotopic (exact) mass is 264 g/mol. The zero-order valence-corrected chi connectivity index (χ0v) is 11.2. The van der Waals surface area contributed by atoms with E-state index in [1.54, 1.807) is 0 Å². The summed E-state index contributed by atoms with van der Waals surface area (Å²) in [6, 6.07) is 4.85. The molecule has 1 aromatic carbocycles. The average molecular weight is 264 g/mol. The minimum atomic E-state index is -0.386. The Kier molecular flexibility index (Phi) is 4.60. The van der Waals surface area contributed by atoms with Crippen LogP contribution in [0, 0.1) is 16.0 Å². The first-order valence-corrected chi connectivity index (χ1v) is 6.85. The van der Waals surface area contributed by atoms with Crippen LogP contribution in [0.4, 0.5) is 11.4 Å². The summed E-state index contributed by atoms with van der Waals surface area (Å²) in [6.45, 7) is 3.34. The number of nitro benzene ring substituents is 1. The molecule has 0 saturated heterocycles. The highest BCUT2D eigenvalue weighted by atomic mass is 16.6. The number of ether oxygens (including phenoxy) is 1. The van der Waals surface area contributed by atoms with Crippen molar-refractivity contribution in [3.05, 3.63) is 28.3 Å². The van der Waals surface area contributed by atoms with Gasteiger partial charge in [0.15, 0.2) is 0 Å². The van der Waals surface area contributed by atoms with Crippen molar-refractivity contribution in [1.29, 1.82) is 0 Å². The van der Waals surface area contributed by atoms with Crippen LogP contribution in [-0.2, 0) is 0 Å². The second-order valence-electron chi connectivity index (χ2n) is 4.96. The van der Waals surface area contributed by atoms with Crippen LogP contribution < -0.4 is 10.1 Å². The second-order valence-corrected chi connectivity index (χ2v) is 4.96. The van der Waals surface area contributed by atoms with Crippen LogP contribution in [0.25, 0.3) is 0 Å². The van der Waals surface area contributed by atoms with Gasteiger partial charge in [-0.05, 0) is 25.7 Å². The first-order chi connectivity index (χ1) is 9.19.